The number of hydrogen-bond donors (Lipinski definition) is 1. The van der Waals surface area contributed by atoms with Crippen molar-refractivity contribution < 1.29 is 17.9 Å². The highest BCUT2D eigenvalue weighted by Crippen LogP contribution is 2.28. The Labute approximate surface area is 182 Å². The van der Waals surface area contributed by atoms with Crippen molar-refractivity contribution in [2.24, 2.45) is 0 Å². The molecule has 0 radical (unpaired) electrons. The van der Waals surface area contributed by atoms with Gasteiger partial charge in [0.25, 0.3) is 5.56 Å². The van der Waals surface area contributed by atoms with Gasteiger partial charge in [-0.15, -0.1) is 0 Å². The van der Waals surface area contributed by atoms with Crippen molar-refractivity contribution >= 4 is 44.3 Å². The first kappa shape index (κ1) is 21.4. The van der Waals surface area contributed by atoms with Crippen LogP contribution in [0.2, 0.25) is 5.02 Å². The molecular weight excluding hydrogens is 446 g/mol. The van der Waals surface area contributed by atoms with Crippen LogP contribution in [0.4, 0.5) is 5.69 Å². The van der Waals surface area contributed by atoms with E-state index in [9.17, 15) is 18.0 Å². The first-order valence-electron chi connectivity index (χ1n) is 9.34. The molecule has 1 aliphatic rings. The highest BCUT2D eigenvalue weighted by atomic mass is 35.5. The van der Waals surface area contributed by atoms with Crippen LogP contribution < -0.4 is 10.9 Å². The second-order valence-electron chi connectivity index (χ2n) is 6.76. The van der Waals surface area contributed by atoms with E-state index in [0.717, 1.165) is 4.57 Å². The normalized spacial score (nSPS) is 15.1. The number of carbonyl (C=O) groups is 1. The predicted octanol–water partition coefficient (Wildman–Crippen LogP) is 1.10. The number of hydrogen-bond acceptors (Lipinski definition) is 7. The van der Waals surface area contributed by atoms with Gasteiger partial charge in [-0.05, 0) is 30.3 Å². The number of carbonyl (C=O) groups excluding carboxylic acids is 1. The van der Waals surface area contributed by atoms with Gasteiger partial charge in [0.15, 0.2) is 5.65 Å². The van der Waals surface area contributed by atoms with E-state index in [1.54, 1.807) is 12.1 Å². The van der Waals surface area contributed by atoms with Gasteiger partial charge in [0.1, 0.15) is 17.8 Å². The van der Waals surface area contributed by atoms with Gasteiger partial charge >= 0.3 is 0 Å². The minimum atomic E-state index is -3.84. The molecule has 31 heavy (non-hydrogen) atoms. The molecule has 0 saturated carbocycles. The Bertz CT molecular complexity index is 1300. The number of nitrogens with zero attached hydrogens (tertiary/aromatic N) is 4. The molecule has 0 atom stereocenters. The Kier molecular flexibility index (Phi) is 6.01. The summed E-state index contributed by atoms with van der Waals surface area (Å²) in [6.07, 6.45) is 2.77. The van der Waals surface area contributed by atoms with Crippen molar-refractivity contribution in [3.8, 4) is 0 Å². The SMILES string of the molecule is O=C(Cn1cnc2ncccc2c1=O)Nc1ccc(Cl)c(S(=O)(=O)N2CCOCC2)c1. The van der Waals surface area contributed by atoms with Gasteiger partial charge < -0.3 is 10.1 Å². The minimum Gasteiger partial charge on any atom is -0.379 e. The fourth-order valence-electron chi connectivity index (χ4n) is 3.17. The number of sulfonamides is 1. The van der Waals surface area contributed by atoms with Crippen LogP contribution in [0, 0.1) is 0 Å². The Hall–Kier alpha value is -2.86. The van der Waals surface area contributed by atoms with Crippen molar-refractivity contribution in [3.05, 3.63) is 58.2 Å². The van der Waals surface area contributed by atoms with Gasteiger partial charge in [0, 0.05) is 25.0 Å². The number of ether oxygens (including phenoxy) is 1. The van der Waals surface area contributed by atoms with Gasteiger partial charge in [-0.3, -0.25) is 14.2 Å². The van der Waals surface area contributed by atoms with Crippen molar-refractivity contribution in [3.63, 3.8) is 0 Å². The molecular formula is C19H18ClN5O5S. The predicted molar refractivity (Wildman–Crippen MR) is 113 cm³/mol. The fraction of sp³-hybridized carbons (Fsp3) is 0.263. The molecule has 0 spiro atoms. The third-order valence-electron chi connectivity index (χ3n) is 4.71. The summed E-state index contributed by atoms with van der Waals surface area (Å²) in [5, 5.41) is 2.94. The maximum Gasteiger partial charge on any atom is 0.263 e. The number of pyridine rings is 1. The van der Waals surface area contributed by atoms with Crippen LogP contribution >= 0.6 is 11.6 Å². The number of amides is 1. The molecule has 0 aliphatic carbocycles. The van der Waals surface area contributed by atoms with Crippen LogP contribution in [-0.4, -0.2) is 59.5 Å². The molecule has 2 aromatic heterocycles. The Balaban J connectivity index is 1.55. The topological polar surface area (TPSA) is 123 Å². The number of halogens is 1. The highest BCUT2D eigenvalue weighted by molar-refractivity contribution is 7.89. The van der Waals surface area contributed by atoms with E-state index in [0.29, 0.717) is 24.2 Å². The lowest BCUT2D eigenvalue weighted by molar-refractivity contribution is -0.116. The summed E-state index contributed by atoms with van der Waals surface area (Å²) in [6, 6.07) is 7.38. The Morgan fingerprint density at radius 2 is 1.97 bits per heavy atom. The summed E-state index contributed by atoms with van der Waals surface area (Å²) in [5.74, 6) is -0.524. The average Bonchev–Trinajstić information content (AvgIpc) is 2.78. The zero-order valence-corrected chi connectivity index (χ0v) is 17.8. The standard InChI is InChI=1S/C19H18ClN5O5S/c20-15-4-3-13(10-16(15)31(28,29)25-6-8-30-9-7-25)23-17(26)11-24-12-22-18-14(19(24)27)2-1-5-21-18/h1-5,10,12H,6-9,11H2,(H,23,26). The Morgan fingerprint density at radius 3 is 2.74 bits per heavy atom. The van der Waals surface area contributed by atoms with Gasteiger partial charge in [-0.25, -0.2) is 18.4 Å². The molecule has 0 unspecified atom stereocenters. The van der Waals surface area contributed by atoms with E-state index in [2.05, 4.69) is 15.3 Å². The molecule has 3 aromatic rings. The largest absolute Gasteiger partial charge is 0.379 e. The summed E-state index contributed by atoms with van der Waals surface area (Å²) in [5.41, 5.74) is 0.129. The molecule has 1 N–H and O–H groups in total. The first-order chi connectivity index (χ1) is 14.9. The molecule has 1 aliphatic heterocycles. The molecule has 0 bridgehead atoms. The number of nitrogens with one attached hydrogen (secondary N) is 1. The van der Waals surface area contributed by atoms with E-state index in [4.69, 9.17) is 16.3 Å². The number of rotatable bonds is 5. The number of aromatic nitrogens is 3. The van der Waals surface area contributed by atoms with E-state index < -0.39 is 21.5 Å². The third kappa shape index (κ3) is 4.44. The van der Waals surface area contributed by atoms with E-state index in [1.807, 2.05) is 0 Å². The fourth-order valence-corrected chi connectivity index (χ4v) is 5.08. The molecule has 3 heterocycles. The molecule has 162 valence electrons. The van der Waals surface area contributed by atoms with Crippen LogP contribution in [-0.2, 0) is 26.1 Å². The first-order valence-corrected chi connectivity index (χ1v) is 11.2. The average molecular weight is 464 g/mol. The highest BCUT2D eigenvalue weighted by Gasteiger charge is 2.28. The zero-order valence-electron chi connectivity index (χ0n) is 16.2. The van der Waals surface area contributed by atoms with Gasteiger partial charge in [-0.2, -0.15) is 4.31 Å². The van der Waals surface area contributed by atoms with Crippen molar-refractivity contribution in [1.82, 2.24) is 18.8 Å². The monoisotopic (exact) mass is 463 g/mol. The minimum absolute atomic E-state index is 0.0481. The van der Waals surface area contributed by atoms with E-state index in [1.165, 1.54) is 35.0 Å². The number of fused-ring (bicyclic) bond motifs is 1. The molecule has 1 saturated heterocycles. The smallest absolute Gasteiger partial charge is 0.263 e. The zero-order chi connectivity index (χ0) is 22.0. The van der Waals surface area contributed by atoms with Gasteiger partial charge in [0.05, 0.1) is 23.6 Å². The lowest BCUT2D eigenvalue weighted by Crippen LogP contribution is -2.40. The number of benzene rings is 1. The molecule has 12 heteroatoms. The van der Waals surface area contributed by atoms with Crippen LogP contribution in [0.25, 0.3) is 11.0 Å². The summed E-state index contributed by atoms with van der Waals surface area (Å²) in [6.45, 7) is 0.753. The van der Waals surface area contributed by atoms with Crippen molar-refractivity contribution in [1.29, 1.82) is 0 Å². The van der Waals surface area contributed by atoms with E-state index in [-0.39, 0.29) is 35.2 Å². The molecule has 1 fully saturated rings. The molecule has 10 nitrogen and oxygen atoms in total. The molecule has 1 amide bonds. The maximum absolute atomic E-state index is 12.9. The van der Waals surface area contributed by atoms with Crippen LogP contribution in [0.1, 0.15) is 0 Å². The van der Waals surface area contributed by atoms with Crippen LogP contribution in [0.5, 0.6) is 0 Å². The summed E-state index contributed by atoms with van der Waals surface area (Å²) >= 11 is 6.13. The quantitative estimate of drug-likeness (QED) is 0.601. The number of morpholine rings is 1. The summed E-state index contributed by atoms with van der Waals surface area (Å²) in [4.78, 5) is 33.0. The lowest BCUT2D eigenvalue weighted by atomic mass is 10.3. The van der Waals surface area contributed by atoms with Crippen molar-refractivity contribution in [2.75, 3.05) is 31.6 Å². The molecule has 4 rings (SSSR count). The third-order valence-corrected chi connectivity index (χ3v) is 7.09. The maximum atomic E-state index is 12.9. The molecule has 1 aromatic carbocycles. The Morgan fingerprint density at radius 1 is 1.19 bits per heavy atom. The van der Waals surface area contributed by atoms with E-state index >= 15 is 0 Å². The summed E-state index contributed by atoms with van der Waals surface area (Å²) < 4.78 is 33.5. The lowest BCUT2D eigenvalue weighted by Gasteiger charge is -2.26. The van der Waals surface area contributed by atoms with Gasteiger partial charge in [-0.1, -0.05) is 11.6 Å². The summed E-state index contributed by atoms with van der Waals surface area (Å²) in [7, 11) is -3.84. The van der Waals surface area contributed by atoms with Crippen LogP contribution in [0.15, 0.2) is 52.5 Å². The van der Waals surface area contributed by atoms with Crippen LogP contribution in [0.3, 0.4) is 0 Å². The van der Waals surface area contributed by atoms with Gasteiger partial charge in [0.2, 0.25) is 15.9 Å². The van der Waals surface area contributed by atoms with Crippen molar-refractivity contribution in [2.45, 2.75) is 11.4 Å². The second-order valence-corrected chi connectivity index (χ2v) is 9.08. The second kappa shape index (κ2) is 8.71. The number of anilines is 1.